The van der Waals surface area contributed by atoms with Gasteiger partial charge in [-0.1, -0.05) is 31.1 Å². The Kier molecular flexibility index (Phi) is 5.21. The molecule has 0 saturated heterocycles. The van der Waals surface area contributed by atoms with Gasteiger partial charge in [-0.3, -0.25) is 4.79 Å². The molecule has 0 aliphatic heterocycles. The third-order valence-corrected chi connectivity index (χ3v) is 3.53. The van der Waals surface area contributed by atoms with E-state index >= 15 is 0 Å². The van der Waals surface area contributed by atoms with Crippen LogP contribution in [0.15, 0.2) is 0 Å². The van der Waals surface area contributed by atoms with Crippen LogP contribution in [0, 0.1) is 0 Å². The summed E-state index contributed by atoms with van der Waals surface area (Å²) in [6, 6.07) is 0. The zero-order chi connectivity index (χ0) is 12.8. The van der Waals surface area contributed by atoms with Gasteiger partial charge in [-0.25, -0.2) is 4.98 Å². The fourth-order valence-corrected chi connectivity index (χ4v) is 2.16. The van der Waals surface area contributed by atoms with Crippen molar-refractivity contribution in [2.24, 2.45) is 0 Å². The third-order valence-electron chi connectivity index (χ3n) is 2.30. The molecule has 17 heavy (non-hydrogen) atoms. The molecule has 0 atom stereocenters. The number of anilines is 2. The van der Waals surface area contributed by atoms with Gasteiger partial charge in [-0.15, -0.1) is 0 Å². The van der Waals surface area contributed by atoms with Crippen molar-refractivity contribution in [2.45, 2.75) is 26.2 Å². The fourth-order valence-electron chi connectivity index (χ4n) is 1.33. The van der Waals surface area contributed by atoms with Crippen molar-refractivity contribution in [1.29, 1.82) is 0 Å². The molecule has 1 aromatic rings. The first-order valence-electron chi connectivity index (χ1n) is 5.78. The van der Waals surface area contributed by atoms with Crippen LogP contribution in [0.3, 0.4) is 0 Å². The lowest BCUT2D eigenvalue weighted by Crippen LogP contribution is -2.24. The normalized spacial score (nSPS) is 10.3. The molecular weight excluding hydrogens is 236 g/mol. The molecule has 0 fully saturated rings. The Morgan fingerprint density at radius 1 is 1.47 bits per heavy atom. The Balaban J connectivity index is 2.56. The summed E-state index contributed by atoms with van der Waals surface area (Å²) in [5.41, 5.74) is 5.72. The molecule has 0 bridgehead atoms. The first-order valence-corrected chi connectivity index (χ1v) is 6.59. The van der Waals surface area contributed by atoms with Crippen molar-refractivity contribution in [3.05, 3.63) is 4.88 Å². The molecule has 6 heteroatoms. The van der Waals surface area contributed by atoms with Gasteiger partial charge in [0.15, 0.2) is 5.13 Å². The van der Waals surface area contributed by atoms with Crippen molar-refractivity contribution < 1.29 is 4.79 Å². The van der Waals surface area contributed by atoms with Crippen LogP contribution in [0.2, 0.25) is 0 Å². The second-order valence-electron chi connectivity index (χ2n) is 4.07. The van der Waals surface area contributed by atoms with Crippen molar-refractivity contribution in [1.82, 2.24) is 10.3 Å². The first kappa shape index (κ1) is 13.8. The number of nitrogen functional groups attached to an aromatic ring is 1. The van der Waals surface area contributed by atoms with Gasteiger partial charge in [0.2, 0.25) is 0 Å². The van der Waals surface area contributed by atoms with E-state index in [0.29, 0.717) is 17.2 Å². The predicted octanol–water partition coefficient (Wildman–Crippen LogP) is 1.71. The molecule has 0 radical (unpaired) electrons. The van der Waals surface area contributed by atoms with E-state index in [9.17, 15) is 4.79 Å². The molecule has 0 aliphatic rings. The van der Waals surface area contributed by atoms with Crippen LogP contribution in [0.4, 0.5) is 10.9 Å². The highest BCUT2D eigenvalue weighted by Crippen LogP contribution is 2.26. The van der Waals surface area contributed by atoms with Crippen LogP contribution in [-0.2, 0) is 0 Å². The van der Waals surface area contributed by atoms with Gasteiger partial charge in [0.05, 0.1) is 0 Å². The number of carbonyl (C=O) groups is 1. The number of thiazole rings is 1. The Hall–Kier alpha value is -1.30. The summed E-state index contributed by atoms with van der Waals surface area (Å²) in [5, 5.41) is 3.61. The number of hydrogen-bond acceptors (Lipinski definition) is 5. The van der Waals surface area contributed by atoms with Gasteiger partial charge in [-0.05, 0) is 6.42 Å². The van der Waals surface area contributed by atoms with Crippen LogP contribution in [0.25, 0.3) is 0 Å². The molecule has 1 rings (SSSR count). The van der Waals surface area contributed by atoms with Crippen molar-refractivity contribution in [3.63, 3.8) is 0 Å². The van der Waals surface area contributed by atoms with Crippen molar-refractivity contribution in [2.75, 3.05) is 31.3 Å². The summed E-state index contributed by atoms with van der Waals surface area (Å²) >= 11 is 1.32. The minimum atomic E-state index is -0.121. The van der Waals surface area contributed by atoms with E-state index in [1.165, 1.54) is 11.3 Å². The summed E-state index contributed by atoms with van der Waals surface area (Å²) in [7, 11) is 3.75. The van der Waals surface area contributed by atoms with Gasteiger partial charge in [-0.2, -0.15) is 0 Å². The molecule has 1 heterocycles. The van der Waals surface area contributed by atoms with E-state index in [-0.39, 0.29) is 5.91 Å². The van der Waals surface area contributed by atoms with E-state index in [1.54, 1.807) is 0 Å². The van der Waals surface area contributed by atoms with E-state index in [2.05, 4.69) is 17.2 Å². The number of amides is 1. The smallest absolute Gasteiger partial charge is 0.265 e. The SMILES string of the molecule is CCCCCNC(=O)c1sc(N(C)C)nc1N. The van der Waals surface area contributed by atoms with Gasteiger partial charge < -0.3 is 16.0 Å². The van der Waals surface area contributed by atoms with Crippen LogP contribution >= 0.6 is 11.3 Å². The molecule has 1 amide bonds. The van der Waals surface area contributed by atoms with E-state index in [4.69, 9.17) is 5.73 Å². The Morgan fingerprint density at radius 2 is 2.18 bits per heavy atom. The molecule has 0 spiro atoms. The minimum Gasteiger partial charge on any atom is -0.382 e. The molecule has 1 aromatic heterocycles. The Morgan fingerprint density at radius 3 is 2.71 bits per heavy atom. The lowest BCUT2D eigenvalue weighted by Gasteiger charge is -2.05. The summed E-state index contributed by atoms with van der Waals surface area (Å²) < 4.78 is 0. The second-order valence-corrected chi connectivity index (χ2v) is 5.05. The van der Waals surface area contributed by atoms with Crippen molar-refractivity contribution in [3.8, 4) is 0 Å². The summed E-state index contributed by atoms with van der Waals surface area (Å²) in [6.07, 6.45) is 3.27. The number of unbranched alkanes of at least 4 members (excludes halogenated alkanes) is 2. The monoisotopic (exact) mass is 256 g/mol. The lowest BCUT2D eigenvalue weighted by molar-refractivity contribution is 0.0957. The largest absolute Gasteiger partial charge is 0.382 e. The minimum absolute atomic E-state index is 0.121. The average Bonchev–Trinajstić information content (AvgIpc) is 2.67. The van der Waals surface area contributed by atoms with Crippen molar-refractivity contribution >= 4 is 28.2 Å². The molecule has 3 N–H and O–H groups in total. The van der Waals surface area contributed by atoms with Gasteiger partial charge in [0.1, 0.15) is 10.7 Å². The lowest BCUT2D eigenvalue weighted by atomic mass is 10.2. The Bertz CT molecular complexity index is 376. The summed E-state index contributed by atoms with van der Waals surface area (Å²) in [6.45, 7) is 2.83. The van der Waals surface area contributed by atoms with Gasteiger partial charge in [0.25, 0.3) is 5.91 Å². The van der Waals surface area contributed by atoms with Gasteiger partial charge in [0, 0.05) is 20.6 Å². The molecule has 0 aromatic carbocycles. The number of hydrogen-bond donors (Lipinski definition) is 2. The fraction of sp³-hybridized carbons (Fsp3) is 0.636. The maximum absolute atomic E-state index is 11.8. The number of rotatable bonds is 6. The highest BCUT2D eigenvalue weighted by atomic mass is 32.1. The first-order chi connectivity index (χ1) is 8.06. The molecule has 96 valence electrons. The quantitative estimate of drug-likeness (QED) is 0.760. The maximum atomic E-state index is 11.8. The van der Waals surface area contributed by atoms with Crippen LogP contribution in [0.1, 0.15) is 35.9 Å². The number of nitrogens with one attached hydrogen (secondary N) is 1. The maximum Gasteiger partial charge on any atom is 0.265 e. The number of carbonyl (C=O) groups excluding carboxylic acids is 1. The summed E-state index contributed by atoms with van der Waals surface area (Å²) in [4.78, 5) is 18.3. The van der Waals surface area contributed by atoms with E-state index < -0.39 is 0 Å². The topological polar surface area (TPSA) is 71.2 Å². The number of aromatic nitrogens is 1. The molecule has 0 saturated carbocycles. The average molecular weight is 256 g/mol. The van der Waals surface area contributed by atoms with E-state index in [1.807, 2.05) is 19.0 Å². The highest BCUT2D eigenvalue weighted by molar-refractivity contribution is 7.18. The van der Waals surface area contributed by atoms with E-state index in [0.717, 1.165) is 24.4 Å². The molecule has 0 aliphatic carbocycles. The summed E-state index contributed by atoms with van der Waals surface area (Å²) in [5.74, 6) is 0.191. The molecule has 5 nitrogen and oxygen atoms in total. The standard InChI is InChI=1S/C11H20N4OS/c1-4-5-6-7-13-10(16)8-9(12)14-11(17-8)15(2)3/h4-7,12H2,1-3H3,(H,13,16). The zero-order valence-corrected chi connectivity index (χ0v) is 11.4. The number of nitrogens with two attached hydrogens (primary N) is 1. The number of nitrogens with zero attached hydrogens (tertiary/aromatic N) is 2. The Labute approximate surface area is 106 Å². The molecular formula is C11H20N4OS. The second kappa shape index (κ2) is 6.44. The van der Waals surface area contributed by atoms with Gasteiger partial charge >= 0.3 is 0 Å². The van der Waals surface area contributed by atoms with Crippen LogP contribution in [0.5, 0.6) is 0 Å². The van der Waals surface area contributed by atoms with Crippen LogP contribution < -0.4 is 16.0 Å². The zero-order valence-electron chi connectivity index (χ0n) is 10.6. The molecule has 0 unspecified atom stereocenters. The predicted molar refractivity (Wildman–Crippen MR) is 72.7 cm³/mol. The third kappa shape index (κ3) is 3.89. The van der Waals surface area contributed by atoms with Crippen LogP contribution in [-0.4, -0.2) is 31.5 Å². The highest BCUT2D eigenvalue weighted by Gasteiger charge is 2.16.